The molecule has 2 aromatic heterocycles. The molecule has 3 rings (SSSR count). The molecule has 0 aliphatic rings. The molecule has 0 atom stereocenters. The molecular weight excluding hydrogens is 432 g/mol. The number of carbonyl (C=O) groups is 2. The summed E-state index contributed by atoms with van der Waals surface area (Å²) in [6.45, 7) is 8.81. The average molecular weight is 459 g/mol. The Kier molecular flexibility index (Phi) is 7.86. The lowest BCUT2D eigenvalue weighted by Gasteiger charge is -2.09. The van der Waals surface area contributed by atoms with Gasteiger partial charge in [0.15, 0.2) is 11.0 Å². The molecule has 2 heterocycles. The number of aryl methyl sites for hydroxylation is 2. The fraction of sp³-hybridized carbons (Fsp3) is 0.364. The second-order valence-corrected chi connectivity index (χ2v) is 8.81. The molecule has 7 nitrogen and oxygen atoms in total. The van der Waals surface area contributed by atoms with Crippen LogP contribution in [0.2, 0.25) is 0 Å². The summed E-state index contributed by atoms with van der Waals surface area (Å²) < 4.78 is 7.12. The number of carbonyl (C=O) groups excluding carboxylic acids is 2. The van der Waals surface area contributed by atoms with Crippen molar-refractivity contribution in [2.24, 2.45) is 0 Å². The third kappa shape index (κ3) is 5.34. The number of nitrogens with zero attached hydrogens (tertiary/aromatic N) is 3. The van der Waals surface area contributed by atoms with Gasteiger partial charge in [-0.25, -0.2) is 4.79 Å². The minimum Gasteiger partial charge on any atom is -0.462 e. The van der Waals surface area contributed by atoms with Gasteiger partial charge in [-0.1, -0.05) is 43.0 Å². The van der Waals surface area contributed by atoms with Gasteiger partial charge in [0.05, 0.1) is 17.9 Å². The van der Waals surface area contributed by atoms with E-state index < -0.39 is 5.97 Å². The highest BCUT2D eigenvalue weighted by molar-refractivity contribution is 7.99. The molecule has 0 unspecified atom stereocenters. The van der Waals surface area contributed by atoms with Crippen molar-refractivity contribution < 1.29 is 14.3 Å². The zero-order chi connectivity index (χ0) is 22.4. The number of nitrogens with one attached hydrogen (secondary N) is 1. The predicted molar refractivity (Wildman–Crippen MR) is 125 cm³/mol. The van der Waals surface area contributed by atoms with Gasteiger partial charge in [-0.15, -0.1) is 21.5 Å². The Labute approximate surface area is 190 Å². The van der Waals surface area contributed by atoms with Crippen LogP contribution < -0.4 is 5.32 Å². The molecule has 0 saturated heterocycles. The molecule has 31 heavy (non-hydrogen) atoms. The number of amides is 1. The standard InChI is InChI=1S/C22H26N4O3S2/c1-5-15-12-17(21(28)29-7-3)20(31-15)23-18(27)13-30-22-25-24-19(26(22)6-2)16-11-9-8-10-14(16)4/h8-12H,5-7,13H2,1-4H3,(H,23,27). The molecule has 0 saturated carbocycles. The Hall–Kier alpha value is -2.65. The number of aromatic nitrogens is 3. The van der Waals surface area contributed by atoms with Crippen molar-refractivity contribution in [3.8, 4) is 11.4 Å². The molecule has 0 fully saturated rings. The topological polar surface area (TPSA) is 86.1 Å². The number of ether oxygens (including phenoxy) is 1. The third-order valence-electron chi connectivity index (χ3n) is 4.63. The molecule has 0 radical (unpaired) electrons. The molecule has 0 spiro atoms. The lowest BCUT2D eigenvalue weighted by atomic mass is 10.1. The minimum absolute atomic E-state index is 0.160. The number of hydrogen-bond donors (Lipinski definition) is 1. The maximum absolute atomic E-state index is 12.6. The number of rotatable bonds is 9. The Morgan fingerprint density at radius 2 is 1.97 bits per heavy atom. The SMILES string of the molecule is CCOC(=O)c1cc(CC)sc1NC(=O)CSc1nnc(-c2ccccc2C)n1CC. The molecule has 3 aromatic rings. The Morgan fingerprint density at radius 1 is 1.19 bits per heavy atom. The molecule has 0 bridgehead atoms. The van der Waals surface area contributed by atoms with E-state index in [2.05, 4.69) is 15.5 Å². The van der Waals surface area contributed by atoms with Gasteiger partial charge in [-0.05, 0) is 38.8 Å². The lowest BCUT2D eigenvalue weighted by molar-refractivity contribution is -0.113. The number of thioether (sulfide) groups is 1. The third-order valence-corrected chi connectivity index (χ3v) is 6.79. The maximum Gasteiger partial charge on any atom is 0.341 e. The van der Waals surface area contributed by atoms with Crippen LogP contribution in [0.5, 0.6) is 0 Å². The van der Waals surface area contributed by atoms with Crippen LogP contribution in [0.1, 0.15) is 41.6 Å². The first-order chi connectivity index (χ1) is 15.0. The second kappa shape index (κ2) is 10.6. The van der Waals surface area contributed by atoms with E-state index in [1.54, 1.807) is 13.0 Å². The van der Waals surface area contributed by atoms with Gasteiger partial charge in [0.1, 0.15) is 5.00 Å². The monoisotopic (exact) mass is 458 g/mol. The summed E-state index contributed by atoms with van der Waals surface area (Å²) in [6.07, 6.45) is 0.781. The predicted octanol–water partition coefficient (Wildman–Crippen LogP) is 4.80. The minimum atomic E-state index is -0.421. The van der Waals surface area contributed by atoms with Gasteiger partial charge < -0.3 is 14.6 Å². The Bertz CT molecular complexity index is 1070. The van der Waals surface area contributed by atoms with Crippen LogP contribution in [0.25, 0.3) is 11.4 Å². The number of thiophene rings is 1. The van der Waals surface area contributed by atoms with E-state index in [0.29, 0.717) is 22.3 Å². The molecule has 1 N–H and O–H groups in total. The van der Waals surface area contributed by atoms with Crippen molar-refractivity contribution in [3.63, 3.8) is 0 Å². The van der Waals surface area contributed by atoms with E-state index in [-0.39, 0.29) is 18.3 Å². The van der Waals surface area contributed by atoms with E-state index in [4.69, 9.17) is 4.74 Å². The molecule has 0 aliphatic carbocycles. The summed E-state index contributed by atoms with van der Waals surface area (Å²) in [4.78, 5) is 25.8. The van der Waals surface area contributed by atoms with Crippen molar-refractivity contribution in [2.45, 2.75) is 45.8 Å². The lowest BCUT2D eigenvalue weighted by Crippen LogP contribution is -2.16. The zero-order valence-corrected chi connectivity index (χ0v) is 19.7. The van der Waals surface area contributed by atoms with Crippen LogP contribution in [0, 0.1) is 6.92 Å². The molecule has 9 heteroatoms. The quantitative estimate of drug-likeness (QED) is 0.366. The van der Waals surface area contributed by atoms with Crippen LogP contribution in [-0.2, 0) is 22.5 Å². The second-order valence-electron chi connectivity index (χ2n) is 6.73. The fourth-order valence-corrected chi connectivity index (χ4v) is 4.87. The highest BCUT2D eigenvalue weighted by atomic mass is 32.2. The molecular formula is C22H26N4O3S2. The van der Waals surface area contributed by atoms with Gasteiger partial charge in [0, 0.05) is 17.0 Å². The fourth-order valence-electron chi connectivity index (χ4n) is 3.07. The molecule has 1 aromatic carbocycles. The summed E-state index contributed by atoms with van der Waals surface area (Å²) in [7, 11) is 0. The van der Waals surface area contributed by atoms with Crippen LogP contribution in [0.3, 0.4) is 0 Å². The molecule has 164 valence electrons. The number of anilines is 1. The first-order valence-electron chi connectivity index (χ1n) is 10.2. The van der Waals surface area contributed by atoms with Crippen molar-refractivity contribution >= 4 is 40.0 Å². The number of benzene rings is 1. The first kappa shape index (κ1) is 23.0. The Morgan fingerprint density at radius 3 is 2.65 bits per heavy atom. The van der Waals surface area contributed by atoms with E-state index in [1.165, 1.54) is 23.1 Å². The number of esters is 1. The summed E-state index contributed by atoms with van der Waals surface area (Å²) in [5, 5.41) is 12.7. The van der Waals surface area contributed by atoms with E-state index in [0.717, 1.165) is 28.2 Å². The van der Waals surface area contributed by atoms with Crippen molar-refractivity contribution in [2.75, 3.05) is 17.7 Å². The van der Waals surface area contributed by atoms with Crippen LogP contribution in [-0.4, -0.2) is 39.0 Å². The van der Waals surface area contributed by atoms with Crippen LogP contribution in [0.4, 0.5) is 5.00 Å². The van der Waals surface area contributed by atoms with E-state index in [1.807, 2.05) is 49.6 Å². The van der Waals surface area contributed by atoms with E-state index >= 15 is 0 Å². The summed E-state index contributed by atoms with van der Waals surface area (Å²) >= 11 is 2.72. The van der Waals surface area contributed by atoms with Crippen LogP contribution >= 0.6 is 23.1 Å². The van der Waals surface area contributed by atoms with Gasteiger partial charge >= 0.3 is 5.97 Å². The highest BCUT2D eigenvalue weighted by Crippen LogP contribution is 2.30. The summed E-state index contributed by atoms with van der Waals surface area (Å²) in [5.41, 5.74) is 2.55. The Balaban J connectivity index is 1.72. The van der Waals surface area contributed by atoms with Gasteiger partial charge in [0.25, 0.3) is 0 Å². The summed E-state index contributed by atoms with van der Waals surface area (Å²) in [5.74, 6) is 0.324. The van der Waals surface area contributed by atoms with Gasteiger partial charge in [-0.2, -0.15) is 0 Å². The largest absolute Gasteiger partial charge is 0.462 e. The molecule has 0 aliphatic heterocycles. The number of hydrogen-bond acceptors (Lipinski definition) is 7. The average Bonchev–Trinajstić information content (AvgIpc) is 3.36. The maximum atomic E-state index is 12.6. The smallest absolute Gasteiger partial charge is 0.341 e. The highest BCUT2D eigenvalue weighted by Gasteiger charge is 2.20. The summed E-state index contributed by atoms with van der Waals surface area (Å²) in [6, 6.07) is 9.81. The van der Waals surface area contributed by atoms with Gasteiger partial charge in [0.2, 0.25) is 5.91 Å². The van der Waals surface area contributed by atoms with Crippen molar-refractivity contribution in [1.82, 2.24) is 14.8 Å². The van der Waals surface area contributed by atoms with E-state index in [9.17, 15) is 9.59 Å². The molecule has 1 amide bonds. The normalized spacial score (nSPS) is 10.8. The van der Waals surface area contributed by atoms with Gasteiger partial charge in [-0.3, -0.25) is 4.79 Å². The van der Waals surface area contributed by atoms with Crippen molar-refractivity contribution in [3.05, 3.63) is 46.3 Å². The first-order valence-corrected chi connectivity index (χ1v) is 12.0. The van der Waals surface area contributed by atoms with Crippen LogP contribution in [0.15, 0.2) is 35.5 Å². The van der Waals surface area contributed by atoms with Crippen molar-refractivity contribution in [1.29, 1.82) is 0 Å². The zero-order valence-electron chi connectivity index (χ0n) is 18.1.